The molecule has 1 aromatic heterocycles. The fraction of sp³-hybridized carbons (Fsp3) is 0.435. The van der Waals surface area contributed by atoms with Crippen LogP contribution in [0.1, 0.15) is 50.5 Å². The Hall–Kier alpha value is -4.46. The van der Waals surface area contributed by atoms with Crippen LogP contribution in [0.15, 0.2) is 97.1 Å². The summed E-state index contributed by atoms with van der Waals surface area (Å²) in [6.07, 6.45) is 8.97. The van der Waals surface area contributed by atoms with Gasteiger partial charge in [0.05, 0.1) is 49.2 Å². The van der Waals surface area contributed by atoms with E-state index in [-0.39, 0.29) is 11.4 Å². The Morgan fingerprint density at radius 3 is 1.92 bits per heavy atom. The highest BCUT2D eigenvalue weighted by Gasteiger charge is 2.55. The lowest BCUT2D eigenvalue weighted by molar-refractivity contribution is -0.617. The number of carbonyl (C=O) groups is 1. The molecule has 276 valence electrons. The van der Waals surface area contributed by atoms with E-state index in [9.17, 15) is 4.79 Å². The average molecular weight is 714 g/mol. The first-order valence-corrected chi connectivity index (χ1v) is 19.7. The van der Waals surface area contributed by atoms with Gasteiger partial charge in [0, 0.05) is 29.9 Å². The summed E-state index contributed by atoms with van der Waals surface area (Å²) in [5.41, 5.74) is 7.05. The molecule has 0 atom stereocenters. The van der Waals surface area contributed by atoms with Crippen molar-refractivity contribution in [3.63, 3.8) is 0 Å². The van der Waals surface area contributed by atoms with E-state index in [2.05, 4.69) is 102 Å². The van der Waals surface area contributed by atoms with Gasteiger partial charge in [0.25, 0.3) is 0 Å². The molecule has 1 heterocycles. The summed E-state index contributed by atoms with van der Waals surface area (Å²) in [7, 11) is 2.14. The van der Waals surface area contributed by atoms with Gasteiger partial charge in [0.2, 0.25) is 11.0 Å². The third-order valence-electron chi connectivity index (χ3n) is 11.9. The summed E-state index contributed by atoms with van der Waals surface area (Å²) >= 11 is 0. The molecule has 1 N–H and O–H groups in total. The summed E-state index contributed by atoms with van der Waals surface area (Å²) in [6, 6.07) is 34.1. The molecule has 53 heavy (non-hydrogen) atoms. The molecule has 4 saturated carbocycles. The zero-order valence-corrected chi connectivity index (χ0v) is 31.1. The number of pyridine rings is 1. The Kier molecular flexibility index (Phi) is 10.9. The van der Waals surface area contributed by atoms with Crippen molar-refractivity contribution in [3.05, 3.63) is 103 Å². The van der Waals surface area contributed by atoms with Crippen LogP contribution in [0.2, 0.25) is 0 Å². The maximum atomic E-state index is 13.1. The van der Waals surface area contributed by atoms with Crippen molar-refractivity contribution in [2.45, 2.75) is 51.4 Å². The molecule has 7 heteroatoms. The number of anilines is 1. The molecule has 7 nitrogen and oxygen atoms in total. The lowest BCUT2D eigenvalue weighted by Crippen LogP contribution is -2.50. The maximum absolute atomic E-state index is 13.1. The summed E-state index contributed by atoms with van der Waals surface area (Å²) in [6.45, 7) is 3.90. The molecular weight excluding hydrogens is 661 g/mol. The Bertz CT molecular complexity index is 1920. The Morgan fingerprint density at radius 1 is 0.698 bits per heavy atom. The zero-order chi connectivity index (χ0) is 36.0. The molecular formula is C46H53N2O5+. The molecule has 4 aliphatic rings. The number of esters is 1. The van der Waals surface area contributed by atoms with Crippen LogP contribution < -0.4 is 14.6 Å². The number of nitrogens with one attached hydrogen (secondary N) is 1. The van der Waals surface area contributed by atoms with E-state index < -0.39 is 0 Å². The fourth-order valence-corrected chi connectivity index (χ4v) is 9.81. The van der Waals surface area contributed by atoms with E-state index >= 15 is 0 Å². The van der Waals surface area contributed by atoms with Gasteiger partial charge >= 0.3 is 5.97 Å². The molecule has 0 unspecified atom stereocenters. The van der Waals surface area contributed by atoms with Crippen LogP contribution in [0.5, 0.6) is 5.75 Å². The van der Waals surface area contributed by atoms with Crippen molar-refractivity contribution in [2.75, 3.05) is 51.5 Å². The predicted octanol–water partition coefficient (Wildman–Crippen LogP) is 8.70. The smallest absolute Gasteiger partial charge is 0.312 e. The number of carbonyl (C=O) groups excluding carboxylic acids is 1. The molecule has 4 aliphatic carbocycles. The molecule has 0 aliphatic heterocycles. The van der Waals surface area contributed by atoms with Gasteiger partial charge in [0.1, 0.15) is 19.4 Å². The monoisotopic (exact) mass is 713 g/mol. The van der Waals surface area contributed by atoms with Gasteiger partial charge in [-0.15, -0.1) is 0 Å². The molecule has 0 radical (unpaired) electrons. The highest BCUT2D eigenvalue weighted by Crippen LogP contribution is 2.60. The number of ether oxygens (including phenoxy) is 4. The number of aryl methyl sites for hydroxylation is 2. The summed E-state index contributed by atoms with van der Waals surface area (Å²) in [4.78, 5) is 13.1. The second-order valence-corrected chi connectivity index (χ2v) is 15.6. The fourth-order valence-electron chi connectivity index (χ4n) is 9.81. The first kappa shape index (κ1) is 35.6. The first-order chi connectivity index (χ1) is 26.0. The number of fused-ring (bicyclic) bond motifs is 2. The number of hydrogen-bond acceptors (Lipinski definition) is 6. The van der Waals surface area contributed by atoms with Crippen molar-refractivity contribution in [1.82, 2.24) is 0 Å². The lowest BCUT2D eigenvalue weighted by atomic mass is 9.49. The number of hydrogen-bond donors (Lipinski definition) is 1. The van der Waals surface area contributed by atoms with Gasteiger partial charge in [0.15, 0.2) is 0 Å². The van der Waals surface area contributed by atoms with Crippen LogP contribution in [-0.4, -0.2) is 52.2 Å². The molecule has 0 amide bonds. The third-order valence-corrected chi connectivity index (χ3v) is 11.9. The van der Waals surface area contributed by atoms with E-state index in [0.717, 1.165) is 67.8 Å². The quantitative estimate of drug-likeness (QED) is 0.0450. The zero-order valence-electron chi connectivity index (χ0n) is 31.1. The molecule has 5 aromatic rings. The Labute approximate surface area is 313 Å². The number of benzene rings is 4. The highest BCUT2D eigenvalue weighted by molar-refractivity contribution is 6.07. The lowest BCUT2D eigenvalue weighted by Gasteiger charge is -2.55. The van der Waals surface area contributed by atoms with Gasteiger partial charge in [-0.2, -0.15) is 4.57 Å². The number of rotatable bonds is 17. The minimum absolute atomic E-state index is 0.0879. The highest BCUT2D eigenvalue weighted by atomic mass is 16.5. The van der Waals surface area contributed by atoms with Crippen LogP contribution in [0.3, 0.4) is 0 Å². The third kappa shape index (κ3) is 8.07. The Balaban J connectivity index is 0.680. The summed E-state index contributed by atoms with van der Waals surface area (Å²) in [5.74, 6) is 3.21. The normalized spacial score (nSPS) is 21.6. The number of nitrogens with zero attached hydrogens (tertiary/aromatic N) is 1. The van der Waals surface area contributed by atoms with E-state index in [0.29, 0.717) is 39.6 Å². The molecule has 4 aromatic carbocycles. The van der Waals surface area contributed by atoms with Crippen LogP contribution in [-0.2, 0) is 32.5 Å². The van der Waals surface area contributed by atoms with Crippen molar-refractivity contribution >= 4 is 33.5 Å². The Morgan fingerprint density at radius 2 is 1.28 bits per heavy atom. The van der Waals surface area contributed by atoms with Crippen LogP contribution in [0.25, 0.3) is 32.9 Å². The van der Waals surface area contributed by atoms with Crippen LogP contribution in [0, 0.1) is 23.2 Å². The van der Waals surface area contributed by atoms with E-state index in [4.69, 9.17) is 18.9 Å². The number of aromatic nitrogens is 1. The van der Waals surface area contributed by atoms with Gasteiger partial charge in [-0.05, 0) is 117 Å². The molecule has 0 spiro atoms. The van der Waals surface area contributed by atoms with Gasteiger partial charge < -0.3 is 24.3 Å². The average Bonchev–Trinajstić information content (AvgIpc) is 3.18. The predicted molar refractivity (Wildman–Crippen MR) is 210 cm³/mol. The second kappa shape index (κ2) is 16.3. The van der Waals surface area contributed by atoms with E-state index in [1.165, 1.54) is 57.8 Å². The SMILES string of the molecule is C[n+]1c2ccccc2c(-c2ccc(NCCOCCOCCOc3ccc(CCCOC(=O)C45CC6CC(CC(C6)C4)C5)cc3)cc2)c2ccccc21. The molecule has 9 rings (SSSR count). The largest absolute Gasteiger partial charge is 0.491 e. The molecule has 0 saturated heterocycles. The van der Waals surface area contributed by atoms with Gasteiger partial charge in [-0.1, -0.05) is 48.5 Å². The second-order valence-electron chi connectivity index (χ2n) is 15.6. The van der Waals surface area contributed by atoms with Crippen LogP contribution >= 0.6 is 0 Å². The van der Waals surface area contributed by atoms with Crippen molar-refractivity contribution in [2.24, 2.45) is 30.2 Å². The molecule has 4 fully saturated rings. The van der Waals surface area contributed by atoms with E-state index in [1.807, 2.05) is 12.1 Å². The summed E-state index contributed by atoms with van der Waals surface area (Å²) in [5, 5.41) is 5.97. The topological polar surface area (TPSA) is 69.9 Å². The summed E-state index contributed by atoms with van der Waals surface area (Å²) < 4.78 is 25.5. The van der Waals surface area contributed by atoms with E-state index in [1.54, 1.807) is 0 Å². The van der Waals surface area contributed by atoms with Crippen molar-refractivity contribution in [1.29, 1.82) is 0 Å². The standard InChI is InChI=1S/C46H52N2O5/c1-48-42-10-4-2-8-40(42)44(41-9-3-5-11-43(41)48)37-14-16-38(17-15-37)47-20-22-50-23-24-51-25-26-52-39-18-12-33(13-19-39)7-6-21-53-45(49)46-30-34-27-35(31-46)29-36(28-34)32-46/h2-5,8-19,34-36H,6-7,20-32H2,1H3/p+1. The minimum atomic E-state index is -0.160. The van der Waals surface area contributed by atoms with Crippen LogP contribution in [0.4, 0.5) is 5.69 Å². The molecule has 4 bridgehead atoms. The minimum Gasteiger partial charge on any atom is -0.491 e. The van der Waals surface area contributed by atoms with Gasteiger partial charge in [-0.3, -0.25) is 4.79 Å². The number of para-hydroxylation sites is 2. The van der Waals surface area contributed by atoms with Crippen molar-refractivity contribution in [3.8, 4) is 16.9 Å². The first-order valence-electron chi connectivity index (χ1n) is 19.7. The van der Waals surface area contributed by atoms with Gasteiger partial charge in [-0.25, -0.2) is 0 Å². The maximum Gasteiger partial charge on any atom is 0.312 e. The van der Waals surface area contributed by atoms with Crippen molar-refractivity contribution < 1.29 is 28.3 Å².